The first-order chi connectivity index (χ1) is 8.61. The molecule has 0 radical (unpaired) electrons. The van der Waals surface area contributed by atoms with E-state index in [0.29, 0.717) is 5.56 Å². The number of benzene rings is 1. The van der Waals surface area contributed by atoms with Crippen LogP contribution in [0.4, 0.5) is 4.39 Å². The number of rotatable bonds is 4. The SMILES string of the molecule is Cc1nc(COc2c(F)cccc2CN)sc1C. The van der Waals surface area contributed by atoms with Crippen molar-refractivity contribution in [2.45, 2.75) is 27.0 Å². The average Bonchev–Trinajstić information content (AvgIpc) is 2.67. The number of thiazole rings is 1. The van der Waals surface area contributed by atoms with Gasteiger partial charge in [-0.05, 0) is 19.9 Å². The van der Waals surface area contributed by atoms with Crippen LogP contribution in [0, 0.1) is 19.7 Å². The van der Waals surface area contributed by atoms with E-state index in [1.807, 2.05) is 13.8 Å². The van der Waals surface area contributed by atoms with Crippen molar-refractivity contribution in [2.75, 3.05) is 0 Å². The molecule has 0 spiro atoms. The third-order valence-corrected chi connectivity index (χ3v) is 3.73. The van der Waals surface area contributed by atoms with Gasteiger partial charge in [-0.25, -0.2) is 9.37 Å². The fraction of sp³-hybridized carbons (Fsp3) is 0.308. The van der Waals surface area contributed by atoms with Crippen LogP contribution in [0.5, 0.6) is 5.75 Å². The molecule has 2 N–H and O–H groups in total. The Morgan fingerprint density at radius 2 is 2.17 bits per heavy atom. The normalized spacial score (nSPS) is 10.7. The first kappa shape index (κ1) is 13.0. The second kappa shape index (κ2) is 5.46. The van der Waals surface area contributed by atoms with Crippen molar-refractivity contribution in [2.24, 2.45) is 5.73 Å². The number of nitrogens with two attached hydrogens (primary N) is 1. The molecule has 0 bridgehead atoms. The van der Waals surface area contributed by atoms with Gasteiger partial charge in [0.25, 0.3) is 0 Å². The van der Waals surface area contributed by atoms with Gasteiger partial charge in [-0.3, -0.25) is 0 Å². The molecule has 0 aliphatic carbocycles. The summed E-state index contributed by atoms with van der Waals surface area (Å²) in [4.78, 5) is 5.50. The summed E-state index contributed by atoms with van der Waals surface area (Å²) in [7, 11) is 0. The molecule has 5 heteroatoms. The van der Waals surface area contributed by atoms with Crippen LogP contribution in [0.1, 0.15) is 21.1 Å². The lowest BCUT2D eigenvalue weighted by Crippen LogP contribution is -2.04. The molecule has 0 aliphatic heterocycles. The number of halogens is 1. The first-order valence-corrected chi connectivity index (χ1v) is 6.46. The molecule has 0 saturated carbocycles. The number of aryl methyl sites for hydroxylation is 2. The van der Waals surface area contributed by atoms with Crippen LogP contribution >= 0.6 is 11.3 Å². The molecule has 1 aromatic carbocycles. The predicted octanol–water partition coefficient (Wildman–Crippen LogP) is 2.94. The third-order valence-electron chi connectivity index (χ3n) is 2.68. The van der Waals surface area contributed by atoms with Crippen LogP contribution in [0.15, 0.2) is 18.2 Å². The fourth-order valence-electron chi connectivity index (χ4n) is 1.61. The van der Waals surface area contributed by atoms with Crippen LogP contribution in [-0.2, 0) is 13.2 Å². The van der Waals surface area contributed by atoms with Gasteiger partial charge in [0.05, 0.1) is 5.69 Å². The van der Waals surface area contributed by atoms with E-state index in [4.69, 9.17) is 10.5 Å². The van der Waals surface area contributed by atoms with Crippen LogP contribution in [0.3, 0.4) is 0 Å². The number of para-hydroxylation sites is 1. The van der Waals surface area contributed by atoms with Gasteiger partial charge in [0.15, 0.2) is 11.6 Å². The van der Waals surface area contributed by atoms with E-state index in [-0.39, 0.29) is 24.7 Å². The molecule has 2 rings (SSSR count). The molecule has 0 unspecified atom stereocenters. The molecule has 3 nitrogen and oxygen atoms in total. The Morgan fingerprint density at radius 3 is 2.78 bits per heavy atom. The second-order valence-electron chi connectivity index (χ2n) is 3.97. The fourth-order valence-corrected chi connectivity index (χ4v) is 2.46. The van der Waals surface area contributed by atoms with Crippen LogP contribution < -0.4 is 10.5 Å². The molecular weight excluding hydrogens is 251 g/mol. The summed E-state index contributed by atoms with van der Waals surface area (Å²) in [6, 6.07) is 4.76. The molecule has 2 aromatic rings. The summed E-state index contributed by atoms with van der Waals surface area (Å²) >= 11 is 1.56. The van der Waals surface area contributed by atoms with Gasteiger partial charge in [-0.2, -0.15) is 0 Å². The summed E-state index contributed by atoms with van der Waals surface area (Å²) in [6.07, 6.45) is 0. The highest BCUT2D eigenvalue weighted by molar-refractivity contribution is 7.11. The Morgan fingerprint density at radius 1 is 1.39 bits per heavy atom. The standard InChI is InChI=1S/C13H15FN2OS/c1-8-9(2)18-12(16-8)7-17-13-10(6-15)4-3-5-11(13)14/h3-5H,6-7,15H2,1-2H3. The van der Waals surface area contributed by atoms with E-state index in [1.54, 1.807) is 23.5 Å². The molecular formula is C13H15FN2OS. The van der Waals surface area contributed by atoms with Crippen molar-refractivity contribution in [1.82, 2.24) is 4.98 Å². The van der Waals surface area contributed by atoms with E-state index in [0.717, 1.165) is 15.6 Å². The minimum atomic E-state index is -0.386. The summed E-state index contributed by atoms with van der Waals surface area (Å²) in [5.41, 5.74) is 7.22. The van der Waals surface area contributed by atoms with E-state index in [2.05, 4.69) is 4.98 Å². The van der Waals surface area contributed by atoms with Crippen molar-refractivity contribution in [3.63, 3.8) is 0 Å². The van der Waals surface area contributed by atoms with Gasteiger partial charge in [0, 0.05) is 17.0 Å². The number of hydrogen-bond donors (Lipinski definition) is 1. The average molecular weight is 266 g/mol. The van der Waals surface area contributed by atoms with Crippen LogP contribution in [-0.4, -0.2) is 4.98 Å². The molecule has 0 atom stereocenters. The maximum atomic E-state index is 13.6. The quantitative estimate of drug-likeness (QED) is 0.925. The number of ether oxygens (including phenoxy) is 1. The lowest BCUT2D eigenvalue weighted by atomic mass is 10.2. The Kier molecular flexibility index (Phi) is 3.93. The Labute approximate surface area is 109 Å². The van der Waals surface area contributed by atoms with E-state index >= 15 is 0 Å². The topological polar surface area (TPSA) is 48.1 Å². The van der Waals surface area contributed by atoms with Gasteiger partial charge in [-0.1, -0.05) is 12.1 Å². The Bertz CT molecular complexity index is 534. The largest absolute Gasteiger partial charge is 0.483 e. The van der Waals surface area contributed by atoms with Crippen LogP contribution in [0.25, 0.3) is 0 Å². The highest BCUT2D eigenvalue weighted by atomic mass is 32.1. The summed E-state index contributed by atoms with van der Waals surface area (Å²) in [5, 5.41) is 0.844. The van der Waals surface area contributed by atoms with Gasteiger partial charge in [0.1, 0.15) is 11.6 Å². The minimum Gasteiger partial charge on any atom is -0.483 e. The summed E-state index contributed by atoms with van der Waals surface area (Å²) < 4.78 is 19.1. The monoisotopic (exact) mass is 266 g/mol. The lowest BCUT2D eigenvalue weighted by molar-refractivity contribution is 0.286. The lowest BCUT2D eigenvalue weighted by Gasteiger charge is -2.09. The third kappa shape index (κ3) is 2.68. The number of nitrogens with zero attached hydrogens (tertiary/aromatic N) is 1. The van der Waals surface area contributed by atoms with Crippen molar-refractivity contribution < 1.29 is 9.13 Å². The number of aromatic nitrogens is 1. The first-order valence-electron chi connectivity index (χ1n) is 5.65. The molecule has 0 aliphatic rings. The Balaban J connectivity index is 2.15. The van der Waals surface area contributed by atoms with Gasteiger partial charge in [-0.15, -0.1) is 11.3 Å². The zero-order valence-corrected chi connectivity index (χ0v) is 11.2. The van der Waals surface area contributed by atoms with Gasteiger partial charge in [0.2, 0.25) is 0 Å². The van der Waals surface area contributed by atoms with Crippen molar-refractivity contribution in [1.29, 1.82) is 0 Å². The zero-order chi connectivity index (χ0) is 13.1. The van der Waals surface area contributed by atoms with Crippen molar-refractivity contribution in [3.8, 4) is 5.75 Å². The van der Waals surface area contributed by atoms with E-state index < -0.39 is 0 Å². The van der Waals surface area contributed by atoms with E-state index in [1.165, 1.54) is 6.07 Å². The Hall–Kier alpha value is -1.46. The molecule has 0 amide bonds. The molecule has 1 aromatic heterocycles. The zero-order valence-electron chi connectivity index (χ0n) is 10.4. The highest BCUT2D eigenvalue weighted by Gasteiger charge is 2.10. The summed E-state index contributed by atoms with van der Waals surface area (Å²) in [6.45, 7) is 4.48. The molecule has 1 heterocycles. The second-order valence-corrected chi connectivity index (χ2v) is 5.26. The smallest absolute Gasteiger partial charge is 0.165 e. The maximum absolute atomic E-state index is 13.6. The molecule has 0 fully saturated rings. The highest BCUT2D eigenvalue weighted by Crippen LogP contribution is 2.24. The maximum Gasteiger partial charge on any atom is 0.165 e. The minimum absolute atomic E-state index is 0.227. The molecule has 96 valence electrons. The number of hydrogen-bond acceptors (Lipinski definition) is 4. The van der Waals surface area contributed by atoms with E-state index in [9.17, 15) is 4.39 Å². The van der Waals surface area contributed by atoms with Gasteiger partial charge < -0.3 is 10.5 Å². The van der Waals surface area contributed by atoms with Crippen molar-refractivity contribution in [3.05, 3.63) is 45.2 Å². The summed E-state index contributed by atoms with van der Waals surface area (Å²) in [5.74, 6) is -0.159. The van der Waals surface area contributed by atoms with Crippen LogP contribution in [0.2, 0.25) is 0 Å². The predicted molar refractivity (Wildman–Crippen MR) is 70.2 cm³/mol. The molecule has 0 saturated heterocycles. The van der Waals surface area contributed by atoms with Gasteiger partial charge >= 0.3 is 0 Å². The van der Waals surface area contributed by atoms with Crippen molar-refractivity contribution >= 4 is 11.3 Å². The molecule has 18 heavy (non-hydrogen) atoms.